The van der Waals surface area contributed by atoms with Crippen LogP contribution in [0.1, 0.15) is 23.6 Å². The number of carbonyl (C=O) groups is 1. The molecule has 104 valence electrons. The normalized spacial score (nSPS) is 20.7. The number of hydrogen-bond acceptors (Lipinski definition) is 4. The van der Waals surface area contributed by atoms with Gasteiger partial charge in [0.1, 0.15) is 18.1 Å². The topological polar surface area (TPSA) is 57.0 Å². The fraction of sp³-hybridized carbons (Fsp3) is 0.357. The average molecular weight is 275 g/mol. The summed E-state index contributed by atoms with van der Waals surface area (Å²) in [4.78, 5) is 11.9. The zero-order valence-electron chi connectivity index (χ0n) is 11.0. The van der Waals surface area contributed by atoms with Crippen LogP contribution in [-0.2, 0) is 23.2 Å². The molecule has 1 heterocycles. The molecule has 0 spiro atoms. The molecule has 6 heteroatoms. The third kappa shape index (κ3) is 2.68. The Labute approximate surface area is 115 Å². The molecule has 2 aromatic rings. The number of aromatic nitrogens is 3. The van der Waals surface area contributed by atoms with Gasteiger partial charge in [0, 0.05) is 7.05 Å². The number of ether oxygens (including phenoxy) is 1. The van der Waals surface area contributed by atoms with Crippen LogP contribution in [-0.4, -0.2) is 21.0 Å². The number of nitrogens with zero attached hydrogens (tertiary/aromatic N) is 3. The van der Waals surface area contributed by atoms with E-state index in [9.17, 15) is 9.18 Å². The van der Waals surface area contributed by atoms with Crippen molar-refractivity contribution in [2.24, 2.45) is 13.0 Å². The summed E-state index contributed by atoms with van der Waals surface area (Å²) in [5.74, 6) is -0.483. The molecule has 0 radical (unpaired) electrons. The van der Waals surface area contributed by atoms with Crippen molar-refractivity contribution in [1.29, 1.82) is 0 Å². The largest absolute Gasteiger partial charge is 0.459 e. The van der Waals surface area contributed by atoms with Gasteiger partial charge in [-0.2, -0.15) is 0 Å². The van der Waals surface area contributed by atoms with E-state index in [1.54, 1.807) is 30.1 Å². The summed E-state index contributed by atoms with van der Waals surface area (Å²) < 4.78 is 19.6. The number of rotatable bonds is 4. The number of carbonyl (C=O) groups excluding carboxylic acids is 1. The third-order valence-electron chi connectivity index (χ3n) is 3.40. The maximum absolute atomic E-state index is 12.8. The molecule has 0 saturated heterocycles. The molecule has 3 rings (SSSR count). The molecule has 1 aromatic heterocycles. The van der Waals surface area contributed by atoms with E-state index in [2.05, 4.69) is 10.3 Å². The molecule has 1 fully saturated rings. The summed E-state index contributed by atoms with van der Waals surface area (Å²) in [6.07, 6.45) is 2.46. The Morgan fingerprint density at radius 2 is 2.20 bits per heavy atom. The van der Waals surface area contributed by atoms with E-state index < -0.39 is 0 Å². The standard InChI is InChI=1S/C14H14FN3O2/c1-18-7-11(16-17-18)8-20-14(19)13-6-12(13)9-2-4-10(15)5-3-9/h2-5,7,12-13H,6,8H2,1H3/t12-,13-/m0/s1. The predicted octanol–water partition coefficient (Wildman–Crippen LogP) is 1.80. The summed E-state index contributed by atoms with van der Waals surface area (Å²) >= 11 is 0. The summed E-state index contributed by atoms with van der Waals surface area (Å²) in [6.45, 7) is 0.138. The van der Waals surface area contributed by atoms with Crippen LogP contribution in [0, 0.1) is 11.7 Å². The number of aryl methyl sites for hydroxylation is 1. The van der Waals surface area contributed by atoms with Crippen molar-refractivity contribution >= 4 is 5.97 Å². The Balaban J connectivity index is 1.53. The maximum Gasteiger partial charge on any atom is 0.309 e. The van der Waals surface area contributed by atoms with E-state index in [0.717, 1.165) is 12.0 Å². The lowest BCUT2D eigenvalue weighted by Crippen LogP contribution is -2.08. The zero-order valence-corrected chi connectivity index (χ0v) is 11.0. The van der Waals surface area contributed by atoms with Crippen molar-refractivity contribution in [2.45, 2.75) is 18.9 Å². The number of hydrogen-bond donors (Lipinski definition) is 0. The van der Waals surface area contributed by atoms with Gasteiger partial charge in [-0.3, -0.25) is 9.48 Å². The van der Waals surface area contributed by atoms with Crippen LogP contribution in [0.15, 0.2) is 30.5 Å². The van der Waals surface area contributed by atoms with E-state index in [1.165, 1.54) is 12.1 Å². The van der Waals surface area contributed by atoms with E-state index in [0.29, 0.717) is 5.69 Å². The van der Waals surface area contributed by atoms with E-state index in [1.807, 2.05) is 0 Å². The van der Waals surface area contributed by atoms with Crippen LogP contribution in [0.4, 0.5) is 4.39 Å². The minimum Gasteiger partial charge on any atom is -0.459 e. The highest BCUT2D eigenvalue weighted by Crippen LogP contribution is 2.48. The Bertz CT molecular complexity index is 624. The minimum absolute atomic E-state index is 0.128. The van der Waals surface area contributed by atoms with Crippen LogP contribution in [0.25, 0.3) is 0 Å². The van der Waals surface area contributed by atoms with Crippen LogP contribution in [0.2, 0.25) is 0 Å². The van der Waals surface area contributed by atoms with E-state index >= 15 is 0 Å². The van der Waals surface area contributed by atoms with Crippen LogP contribution in [0.3, 0.4) is 0 Å². The van der Waals surface area contributed by atoms with Crippen molar-refractivity contribution in [3.05, 3.63) is 47.5 Å². The molecule has 0 bridgehead atoms. The molecule has 5 nitrogen and oxygen atoms in total. The maximum atomic E-state index is 12.8. The predicted molar refractivity (Wildman–Crippen MR) is 68.0 cm³/mol. The van der Waals surface area contributed by atoms with Crippen LogP contribution in [0.5, 0.6) is 0 Å². The highest BCUT2D eigenvalue weighted by Gasteiger charge is 2.45. The Hall–Kier alpha value is -2.24. The van der Waals surface area contributed by atoms with Gasteiger partial charge in [0.25, 0.3) is 0 Å². The molecule has 1 aliphatic carbocycles. The lowest BCUT2D eigenvalue weighted by atomic mass is 10.1. The summed E-state index contributed by atoms with van der Waals surface area (Å²) in [5, 5.41) is 7.61. The first kappa shape index (κ1) is 12.8. The van der Waals surface area contributed by atoms with Crippen molar-refractivity contribution in [1.82, 2.24) is 15.0 Å². The Kier molecular flexibility index (Phi) is 3.22. The highest BCUT2D eigenvalue weighted by molar-refractivity contribution is 5.77. The quantitative estimate of drug-likeness (QED) is 0.798. The van der Waals surface area contributed by atoms with E-state index in [4.69, 9.17) is 4.74 Å². The average Bonchev–Trinajstić information content (AvgIpc) is 3.13. The van der Waals surface area contributed by atoms with Gasteiger partial charge in [-0.1, -0.05) is 17.3 Å². The first-order valence-electron chi connectivity index (χ1n) is 6.41. The molecular weight excluding hydrogens is 261 g/mol. The van der Waals surface area contributed by atoms with Gasteiger partial charge in [0.2, 0.25) is 0 Å². The van der Waals surface area contributed by atoms with Gasteiger partial charge in [0.05, 0.1) is 12.1 Å². The molecule has 0 aliphatic heterocycles. The second-order valence-electron chi connectivity index (χ2n) is 4.99. The second kappa shape index (κ2) is 5.03. The van der Waals surface area contributed by atoms with E-state index in [-0.39, 0.29) is 30.2 Å². The molecule has 2 atom stereocenters. The fourth-order valence-corrected chi connectivity index (χ4v) is 2.25. The third-order valence-corrected chi connectivity index (χ3v) is 3.40. The minimum atomic E-state index is -0.267. The first-order chi connectivity index (χ1) is 9.63. The van der Waals surface area contributed by atoms with Gasteiger partial charge >= 0.3 is 5.97 Å². The van der Waals surface area contributed by atoms with Gasteiger partial charge in [-0.25, -0.2) is 4.39 Å². The molecule has 0 unspecified atom stereocenters. The van der Waals surface area contributed by atoms with Gasteiger partial charge in [0.15, 0.2) is 0 Å². The van der Waals surface area contributed by atoms with Crippen LogP contribution < -0.4 is 0 Å². The lowest BCUT2D eigenvalue weighted by molar-refractivity contribution is -0.146. The Morgan fingerprint density at radius 1 is 1.45 bits per heavy atom. The SMILES string of the molecule is Cn1cc(COC(=O)[C@H]2C[C@H]2c2ccc(F)cc2)nn1. The van der Waals surface area contributed by atoms with Gasteiger partial charge in [-0.15, -0.1) is 5.10 Å². The molecular formula is C14H14FN3O2. The van der Waals surface area contributed by atoms with Crippen molar-refractivity contribution in [3.63, 3.8) is 0 Å². The molecule has 1 saturated carbocycles. The molecule has 1 aliphatic rings. The number of esters is 1. The second-order valence-corrected chi connectivity index (χ2v) is 4.99. The summed E-state index contributed by atoms with van der Waals surface area (Å²) in [7, 11) is 1.75. The number of halogens is 1. The molecule has 0 amide bonds. The number of benzene rings is 1. The monoisotopic (exact) mass is 275 g/mol. The smallest absolute Gasteiger partial charge is 0.309 e. The van der Waals surface area contributed by atoms with Crippen molar-refractivity contribution < 1.29 is 13.9 Å². The fourth-order valence-electron chi connectivity index (χ4n) is 2.25. The first-order valence-corrected chi connectivity index (χ1v) is 6.41. The van der Waals surface area contributed by atoms with Crippen molar-refractivity contribution in [3.8, 4) is 0 Å². The van der Waals surface area contributed by atoms with Gasteiger partial charge in [-0.05, 0) is 30.0 Å². The summed E-state index contributed by atoms with van der Waals surface area (Å²) in [6, 6.07) is 6.26. The van der Waals surface area contributed by atoms with Crippen LogP contribution >= 0.6 is 0 Å². The summed E-state index contributed by atoms with van der Waals surface area (Å²) in [5.41, 5.74) is 1.60. The lowest BCUT2D eigenvalue weighted by Gasteiger charge is -2.02. The van der Waals surface area contributed by atoms with Crippen molar-refractivity contribution in [2.75, 3.05) is 0 Å². The zero-order chi connectivity index (χ0) is 14.1. The molecule has 1 aromatic carbocycles. The molecule has 0 N–H and O–H groups in total. The molecule has 20 heavy (non-hydrogen) atoms. The highest BCUT2D eigenvalue weighted by atomic mass is 19.1. The van der Waals surface area contributed by atoms with Gasteiger partial charge < -0.3 is 4.74 Å². The Morgan fingerprint density at radius 3 is 2.85 bits per heavy atom.